The largest absolute Gasteiger partial charge is 0.393 e. The standard InChI is InChI=1S/C19H37N3O5/c1-12(2)3-8-17(25)21-16(11-13-4-6-14(24)7-5-13)19(27)22-15(9-10-23)18(20)26/h10,12-16,18-19,22,24,26-27H,3-9,11,20H2,1-2H3,(H,21,25). The summed E-state index contributed by atoms with van der Waals surface area (Å²) < 4.78 is 0. The monoisotopic (exact) mass is 387 g/mol. The molecule has 0 saturated heterocycles. The Morgan fingerprint density at radius 3 is 2.33 bits per heavy atom. The number of aldehydes is 1. The van der Waals surface area contributed by atoms with Crippen molar-refractivity contribution in [3.8, 4) is 0 Å². The van der Waals surface area contributed by atoms with E-state index >= 15 is 0 Å². The molecule has 7 N–H and O–H groups in total. The van der Waals surface area contributed by atoms with Crippen molar-refractivity contribution in [2.75, 3.05) is 0 Å². The van der Waals surface area contributed by atoms with Crippen LogP contribution in [0.1, 0.15) is 65.2 Å². The van der Waals surface area contributed by atoms with Gasteiger partial charge in [0.1, 0.15) is 18.7 Å². The van der Waals surface area contributed by atoms with Crippen molar-refractivity contribution < 1.29 is 24.9 Å². The third-order valence-electron chi connectivity index (χ3n) is 5.23. The van der Waals surface area contributed by atoms with E-state index in [1.165, 1.54) is 0 Å². The minimum Gasteiger partial charge on any atom is -0.393 e. The number of carbonyl (C=O) groups is 2. The molecule has 4 atom stereocenters. The second-order valence-electron chi connectivity index (χ2n) is 8.13. The lowest BCUT2D eigenvalue weighted by Crippen LogP contribution is -2.57. The number of hydrogen-bond acceptors (Lipinski definition) is 7. The van der Waals surface area contributed by atoms with Crippen LogP contribution in [0.3, 0.4) is 0 Å². The van der Waals surface area contributed by atoms with E-state index in [1.807, 2.05) is 13.8 Å². The Hall–Kier alpha value is -1.06. The number of carbonyl (C=O) groups excluding carboxylic acids is 2. The fourth-order valence-electron chi connectivity index (χ4n) is 3.45. The number of aliphatic hydroxyl groups is 3. The molecule has 0 aromatic heterocycles. The average Bonchev–Trinajstić information content (AvgIpc) is 2.60. The Morgan fingerprint density at radius 1 is 1.19 bits per heavy atom. The van der Waals surface area contributed by atoms with Gasteiger partial charge in [-0.25, -0.2) is 0 Å². The summed E-state index contributed by atoms with van der Waals surface area (Å²) in [5, 5.41) is 35.5. The molecule has 0 aromatic rings. The molecule has 0 heterocycles. The molecule has 0 radical (unpaired) electrons. The molecule has 1 aliphatic rings. The number of nitrogens with one attached hydrogen (secondary N) is 2. The zero-order valence-electron chi connectivity index (χ0n) is 16.5. The van der Waals surface area contributed by atoms with Gasteiger partial charge in [-0.05, 0) is 50.4 Å². The molecule has 0 aromatic carbocycles. The van der Waals surface area contributed by atoms with Crippen molar-refractivity contribution in [3.63, 3.8) is 0 Å². The average molecular weight is 388 g/mol. The van der Waals surface area contributed by atoms with Crippen molar-refractivity contribution in [2.24, 2.45) is 17.6 Å². The number of aliphatic hydroxyl groups excluding tert-OH is 3. The maximum absolute atomic E-state index is 12.3. The molecule has 1 saturated carbocycles. The van der Waals surface area contributed by atoms with Crippen LogP contribution in [0.2, 0.25) is 0 Å². The lowest BCUT2D eigenvalue weighted by molar-refractivity contribution is -0.123. The van der Waals surface area contributed by atoms with E-state index in [-0.39, 0.29) is 24.3 Å². The van der Waals surface area contributed by atoms with Crippen LogP contribution in [0, 0.1) is 11.8 Å². The van der Waals surface area contributed by atoms with E-state index in [4.69, 9.17) is 5.73 Å². The number of amides is 1. The van der Waals surface area contributed by atoms with Crippen LogP contribution < -0.4 is 16.4 Å². The summed E-state index contributed by atoms with van der Waals surface area (Å²) in [5.41, 5.74) is 5.46. The minimum absolute atomic E-state index is 0.0433. The molecule has 1 fully saturated rings. The molecule has 158 valence electrons. The maximum atomic E-state index is 12.3. The molecule has 4 unspecified atom stereocenters. The van der Waals surface area contributed by atoms with Crippen LogP contribution in [0.5, 0.6) is 0 Å². The molecule has 1 amide bonds. The minimum atomic E-state index is -1.30. The predicted octanol–water partition coefficient (Wildman–Crippen LogP) is -0.00870. The predicted molar refractivity (Wildman–Crippen MR) is 102 cm³/mol. The van der Waals surface area contributed by atoms with Crippen molar-refractivity contribution in [3.05, 3.63) is 0 Å². The zero-order chi connectivity index (χ0) is 20.4. The molecule has 1 aliphatic carbocycles. The Balaban J connectivity index is 2.72. The summed E-state index contributed by atoms with van der Waals surface area (Å²) >= 11 is 0. The molecular weight excluding hydrogens is 350 g/mol. The molecule has 8 heteroatoms. The molecule has 0 bridgehead atoms. The van der Waals surface area contributed by atoms with Gasteiger partial charge in [-0.2, -0.15) is 0 Å². The Kier molecular flexibility index (Phi) is 11.0. The fraction of sp³-hybridized carbons (Fsp3) is 0.895. The van der Waals surface area contributed by atoms with Crippen LogP contribution in [-0.2, 0) is 9.59 Å². The van der Waals surface area contributed by atoms with E-state index in [0.29, 0.717) is 25.0 Å². The SMILES string of the molecule is CC(C)CCC(=O)NC(CC1CCC(O)CC1)C(O)NC(CC=O)C(N)O. The van der Waals surface area contributed by atoms with Crippen LogP contribution in [0.4, 0.5) is 0 Å². The smallest absolute Gasteiger partial charge is 0.220 e. The fourth-order valence-corrected chi connectivity index (χ4v) is 3.45. The zero-order valence-corrected chi connectivity index (χ0v) is 16.5. The van der Waals surface area contributed by atoms with Crippen molar-refractivity contribution in [2.45, 2.75) is 95.9 Å². The number of rotatable bonds is 12. The topological polar surface area (TPSA) is 145 Å². The van der Waals surface area contributed by atoms with Crippen LogP contribution in [-0.4, -0.2) is 58.2 Å². The van der Waals surface area contributed by atoms with E-state index in [0.717, 1.165) is 32.1 Å². The molecule has 8 nitrogen and oxygen atoms in total. The summed E-state index contributed by atoms with van der Waals surface area (Å²) in [6.07, 6.45) is 2.68. The van der Waals surface area contributed by atoms with Crippen molar-refractivity contribution >= 4 is 12.2 Å². The Labute approximate surface area is 161 Å². The van der Waals surface area contributed by atoms with Crippen LogP contribution in [0.25, 0.3) is 0 Å². The van der Waals surface area contributed by atoms with E-state index in [9.17, 15) is 24.9 Å². The summed E-state index contributed by atoms with van der Waals surface area (Å²) in [4.78, 5) is 23.0. The third kappa shape index (κ3) is 9.62. The highest BCUT2D eigenvalue weighted by atomic mass is 16.3. The quantitative estimate of drug-likeness (QED) is 0.204. The number of nitrogens with two attached hydrogens (primary N) is 1. The molecule has 0 spiro atoms. The second-order valence-corrected chi connectivity index (χ2v) is 8.13. The van der Waals surface area contributed by atoms with E-state index in [1.54, 1.807) is 0 Å². The first-order valence-electron chi connectivity index (χ1n) is 10.0. The summed E-state index contributed by atoms with van der Waals surface area (Å²) in [5.74, 6) is 0.555. The van der Waals surface area contributed by atoms with Crippen molar-refractivity contribution in [1.82, 2.24) is 10.6 Å². The lowest BCUT2D eigenvalue weighted by atomic mass is 9.83. The van der Waals surface area contributed by atoms with Crippen molar-refractivity contribution in [1.29, 1.82) is 0 Å². The van der Waals surface area contributed by atoms with E-state index in [2.05, 4.69) is 10.6 Å². The van der Waals surface area contributed by atoms with E-state index < -0.39 is 24.5 Å². The second kappa shape index (κ2) is 12.4. The van der Waals surface area contributed by atoms with Crippen LogP contribution in [0.15, 0.2) is 0 Å². The first-order valence-corrected chi connectivity index (χ1v) is 10.0. The summed E-state index contributed by atoms with van der Waals surface area (Å²) in [6, 6.07) is -1.35. The summed E-state index contributed by atoms with van der Waals surface area (Å²) in [6.45, 7) is 4.09. The Morgan fingerprint density at radius 2 is 1.81 bits per heavy atom. The normalized spacial score (nSPS) is 24.9. The number of hydrogen-bond donors (Lipinski definition) is 6. The lowest BCUT2D eigenvalue weighted by Gasteiger charge is -2.33. The first kappa shape index (κ1) is 24.0. The Bertz CT molecular complexity index is 439. The first-order chi connectivity index (χ1) is 12.7. The highest BCUT2D eigenvalue weighted by Crippen LogP contribution is 2.28. The molecule has 0 aliphatic heterocycles. The van der Waals surface area contributed by atoms with Gasteiger partial charge in [0, 0.05) is 12.8 Å². The van der Waals surface area contributed by atoms with Crippen LogP contribution >= 0.6 is 0 Å². The van der Waals surface area contributed by atoms with Gasteiger partial charge in [0.2, 0.25) is 5.91 Å². The van der Waals surface area contributed by atoms with Gasteiger partial charge in [0.05, 0.1) is 18.2 Å². The molecular formula is C19H37N3O5. The van der Waals surface area contributed by atoms with Gasteiger partial charge in [-0.1, -0.05) is 13.8 Å². The third-order valence-corrected chi connectivity index (χ3v) is 5.23. The highest BCUT2D eigenvalue weighted by molar-refractivity contribution is 5.76. The van der Waals surface area contributed by atoms with Gasteiger partial charge in [-0.15, -0.1) is 0 Å². The molecule has 27 heavy (non-hydrogen) atoms. The highest BCUT2D eigenvalue weighted by Gasteiger charge is 2.30. The maximum Gasteiger partial charge on any atom is 0.220 e. The van der Waals surface area contributed by atoms with Gasteiger partial charge in [0.15, 0.2) is 0 Å². The summed E-state index contributed by atoms with van der Waals surface area (Å²) in [7, 11) is 0. The van der Waals surface area contributed by atoms with Gasteiger partial charge < -0.3 is 31.2 Å². The van der Waals surface area contributed by atoms with Gasteiger partial charge in [0.25, 0.3) is 0 Å². The van der Waals surface area contributed by atoms with Gasteiger partial charge in [-0.3, -0.25) is 10.1 Å². The van der Waals surface area contributed by atoms with Gasteiger partial charge >= 0.3 is 0 Å². The molecule has 1 rings (SSSR count).